The van der Waals surface area contributed by atoms with Crippen molar-refractivity contribution in [2.75, 3.05) is 6.54 Å². The van der Waals surface area contributed by atoms with Crippen LogP contribution >= 0.6 is 22.9 Å². The molecule has 1 heterocycles. The van der Waals surface area contributed by atoms with E-state index in [0.29, 0.717) is 17.5 Å². The summed E-state index contributed by atoms with van der Waals surface area (Å²) in [6.45, 7) is 0.498. The molecule has 1 aliphatic rings. The van der Waals surface area contributed by atoms with Gasteiger partial charge in [-0.25, -0.2) is 4.98 Å². The molecule has 1 amide bonds. The van der Waals surface area contributed by atoms with E-state index in [-0.39, 0.29) is 18.4 Å². The van der Waals surface area contributed by atoms with Crippen molar-refractivity contribution in [3.63, 3.8) is 0 Å². The van der Waals surface area contributed by atoms with Crippen LogP contribution in [0.3, 0.4) is 0 Å². The SMILES string of the molecule is NCC(NC(=O)Cc1csc(-c2ccccc2Cl)n1)C1CC1. The van der Waals surface area contributed by atoms with E-state index in [2.05, 4.69) is 10.3 Å². The van der Waals surface area contributed by atoms with E-state index >= 15 is 0 Å². The number of rotatable bonds is 6. The van der Waals surface area contributed by atoms with E-state index in [0.717, 1.165) is 29.1 Å². The lowest BCUT2D eigenvalue weighted by Gasteiger charge is -2.15. The second-order valence-electron chi connectivity index (χ2n) is 5.55. The average molecular weight is 336 g/mol. The standard InChI is InChI=1S/C16H18ClN3OS/c17-13-4-2-1-3-12(13)16-19-11(9-22-16)7-15(21)20-14(8-18)10-5-6-10/h1-4,9-10,14H,5-8,18H2,(H,20,21). The van der Waals surface area contributed by atoms with Crippen LogP contribution in [0.2, 0.25) is 5.02 Å². The van der Waals surface area contributed by atoms with Gasteiger partial charge in [-0.1, -0.05) is 29.8 Å². The third-order valence-corrected chi connectivity index (χ3v) is 5.04. The third-order valence-electron chi connectivity index (χ3n) is 3.79. The van der Waals surface area contributed by atoms with Crippen molar-refractivity contribution in [3.05, 3.63) is 40.4 Å². The molecule has 4 nitrogen and oxygen atoms in total. The maximum Gasteiger partial charge on any atom is 0.226 e. The zero-order valence-electron chi connectivity index (χ0n) is 12.1. The monoisotopic (exact) mass is 335 g/mol. The van der Waals surface area contributed by atoms with Gasteiger partial charge in [0.1, 0.15) is 5.01 Å². The van der Waals surface area contributed by atoms with E-state index in [1.165, 1.54) is 11.3 Å². The molecular weight excluding hydrogens is 318 g/mol. The van der Waals surface area contributed by atoms with Crippen molar-refractivity contribution < 1.29 is 4.79 Å². The summed E-state index contributed by atoms with van der Waals surface area (Å²) in [5.74, 6) is 0.543. The lowest BCUT2D eigenvalue weighted by Crippen LogP contribution is -2.42. The van der Waals surface area contributed by atoms with Gasteiger partial charge < -0.3 is 11.1 Å². The predicted octanol–water partition coefficient (Wildman–Crippen LogP) is 2.86. The molecule has 0 spiro atoms. The first-order valence-electron chi connectivity index (χ1n) is 7.36. The van der Waals surface area contributed by atoms with Crippen LogP contribution in [0.25, 0.3) is 10.6 Å². The molecule has 1 saturated carbocycles. The van der Waals surface area contributed by atoms with E-state index in [1.54, 1.807) is 0 Å². The lowest BCUT2D eigenvalue weighted by molar-refractivity contribution is -0.121. The Labute approximate surface area is 138 Å². The van der Waals surface area contributed by atoms with Crippen molar-refractivity contribution >= 4 is 28.8 Å². The van der Waals surface area contributed by atoms with E-state index < -0.39 is 0 Å². The number of hydrogen-bond donors (Lipinski definition) is 2. The molecule has 1 aromatic heterocycles. The number of benzene rings is 1. The molecule has 22 heavy (non-hydrogen) atoms. The quantitative estimate of drug-likeness (QED) is 0.853. The number of carbonyl (C=O) groups excluding carboxylic acids is 1. The van der Waals surface area contributed by atoms with Crippen molar-refractivity contribution in [3.8, 4) is 10.6 Å². The highest BCUT2D eigenvalue weighted by Crippen LogP contribution is 2.32. The zero-order valence-corrected chi connectivity index (χ0v) is 13.7. The minimum atomic E-state index is -0.0154. The second kappa shape index (κ2) is 6.77. The summed E-state index contributed by atoms with van der Waals surface area (Å²) in [5.41, 5.74) is 7.38. The Morgan fingerprint density at radius 3 is 2.91 bits per heavy atom. The van der Waals surface area contributed by atoms with Gasteiger partial charge in [-0.2, -0.15) is 0 Å². The minimum Gasteiger partial charge on any atom is -0.351 e. The first-order valence-corrected chi connectivity index (χ1v) is 8.62. The van der Waals surface area contributed by atoms with Crippen LogP contribution < -0.4 is 11.1 Å². The summed E-state index contributed by atoms with van der Waals surface area (Å²) >= 11 is 7.68. The van der Waals surface area contributed by atoms with Crippen LogP contribution in [-0.2, 0) is 11.2 Å². The van der Waals surface area contributed by atoms with Gasteiger partial charge in [0.15, 0.2) is 0 Å². The maximum absolute atomic E-state index is 12.1. The summed E-state index contributed by atoms with van der Waals surface area (Å²) < 4.78 is 0. The highest BCUT2D eigenvalue weighted by Gasteiger charge is 2.31. The molecule has 0 bridgehead atoms. The molecule has 1 unspecified atom stereocenters. The molecule has 1 aliphatic carbocycles. The minimum absolute atomic E-state index is 0.0154. The molecule has 1 atom stereocenters. The Kier molecular flexibility index (Phi) is 4.76. The van der Waals surface area contributed by atoms with E-state index in [9.17, 15) is 4.79 Å². The van der Waals surface area contributed by atoms with Gasteiger partial charge in [-0.05, 0) is 24.8 Å². The molecule has 0 saturated heterocycles. The molecule has 6 heteroatoms. The Morgan fingerprint density at radius 2 is 2.23 bits per heavy atom. The normalized spacial score (nSPS) is 15.5. The number of nitrogens with one attached hydrogen (secondary N) is 1. The maximum atomic E-state index is 12.1. The van der Waals surface area contributed by atoms with Crippen LogP contribution in [0, 0.1) is 5.92 Å². The number of amides is 1. The van der Waals surface area contributed by atoms with Crippen LogP contribution in [0.4, 0.5) is 0 Å². The highest BCUT2D eigenvalue weighted by atomic mass is 35.5. The smallest absolute Gasteiger partial charge is 0.226 e. The van der Waals surface area contributed by atoms with Crippen LogP contribution in [-0.4, -0.2) is 23.5 Å². The van der Waals surface area contributed by atoms with Gasteiger partial charge >= 0.3 is 0 Å². The number of thiazole rings is 1. The van der Waals surface area contributed by atoms with Crippen LogP contribution in [0.15, 0.2) is 29.6 Å². The molecule has 2 aromatic rings. The number of aromatic nitrogens is 1. The summed E-state index contributed by atoms with van der Waals surface area (Å²) in [4.78, 5) is 16.6. The molecule has 0 aliphatic heterocycles. The molecule has 1 fully saturated rings. The number of carbonyl (C=O) groups is 1. The Bertz CT molecular complexity index is 669. The first-order chi connectivity index (χ1) is 10.7. The topological polar surface area (TPSA) is 68.0 Å². The second-order valence-corrected chi connectivity index (χ2v) is 6.81. The third kappa shape index (κ3) is 3.66. The van der Waals surface area contributed by atoms with Gasteiger partial charge in [0.2, 0.25) is 5.91 Å². The summed E-state index contributed by atoms with van der Waals surface area (Å²) in [6, 6.07) is 7.69. The van der Waals surface area contributed by atoms with E-state index in [4.69, 9.17) is 17.3 Å². The molecule has 0 radical (unpaired) electrons. The van der Waals surface area contributed by atoms with Crippen LogP contribution in [0.1, 0.15) is 18.5 Å². The van der Waals surface area contributed by atoms with Crippen molar-refractivity contribution in [2.45, 2.75) is 25.3 Å². The van der Waals surface area contributed by atoms with Crippen LogP contribution in [0.5, 0.6) is 0 Å². The Morgan fingerprint density at radius 1 is 1.45 bits per heavy atom. The lowest BCUT2D eigenvalue weighted by atomic mass is 10.2. The fourth-order valence-corrected chi connectivity index (χ4v) is 3.58. The fraction of sp³-hybridized carbons (Fsp3) is 0.375. The van der Waals surface area contributed by atoms with Crippen molar-refractivity contribution in [1.82, 2.24) is 10.3 Å². The number of halogens is 1. The molecule has 3 rings (SSSR count). The van der Waals surface area contributed by atoms with Gasteiger partial charge in [0.05, 0.1) is 17.1 Å². The zero-order chi connectivity index (χ0) is 15.5. The Balaban J connectivity index is 1.64. The van der Waals surface area contributed by atoms with Gasteiger partial charge in [0, 0.05) is 23.5 Å². The molecular formula is C16H18ClN3OS. The first kappa shape index (κ1) is 15.5. The van der Waals surface area contributed by atoms with Crippen molar-refractivity contribution in [1.29, 1.82) is 0 Å². The molecule has 116 valence electrons. The summed E-state index contributed by atoms with van der Waals surface area (Å²) in [5, 5.41) is 6.43. The van der Waals surface area contributed by atoms with Gasteiger partial charge in [-0.3, -0.25) is 4.79 Å². The number of hydrogen-bond acceptors (Lipinski definition) is 4. The Hall–Kier alpha value is -1.43. The number of nitrogens with zero attached hydrogens (tertiary/aromatic N) is 1. The summed E-state index contributed by atoms with van der Waals surface area (Å²) in [6.07, 6.45) is 2.61. The predicted molar refractivity (Wildman–Crippen MR) is 90.0 cm³/mol. The van der Waals surface area contributed by atoms with Gasteiger partial charge in [-0.15, -0.1) is 11.3 Å². The number of nitrogens with two attached hydrogens (primary N) is 1. The molecule has 3 N–H and O–H groups in total. The highest BCUT2D eigenvalue weighted by molar-refractivity contribution is 7.13. The fourth-order valence-electron chi connectivity index (χ4n) is 2.44. The van der Waals surface area contributed by atoms with Crippen molar-refractivity contribution in [2.24, 2.45) is 11.7 Å². The molecule has 1 aromatic carbocycles. The summed E-state index contributed by atoms with van der Waals surface area (Å²) in [7, 11) is 0. The van der Waals surface area contributed by atoms with Gasteiger partial charge in [0.25, 0.3) is 0 Å². The largest absolute Gasteiger partial charge is 0.351 e. The average Bonchev–Trinajstić information content (AvgIpc) is 3.25. The van der Waals surface area contributed by atoms with E-state index in [1.807, 2.05) is 29.6 Å².